The quantitative estimate of drug-likeness (QED) is 0.289. The van der Waals surface area contributed by atoms with Crippen molar-refractivity contribution >= 4 is 71.3 Å². The van der Waals surface area contributed by atoms with E-state index in [1.54, 1.807) is 23.1 Å². The molecule has 2 heterocycles. The van der Waals surface area contributed by atoms with Gasteiger partial charge in [0.1, 0.15) is 0 Å². The average Bonchev–Trinajstić information content (AvgIpc) is 3.30. The second-order valence-corrected chi connectivity index (χ2v) is 9.49. The van der Waals surface area contributed by atoms with Gasteiger partial charge in [-0.3, -0.25) is 19.8 Å². The minimum absolute atomic E-state index is 0.00631. The number of carbonyl (C=O) groups is 1. The summed E-state index contributed by atoms with van der Waals surface area (Å²) in [6, 6.07) is 11.8. The summed E-state index contributed by atoms with van der Waals surface area (Å²) in [7, 11) is 3.89. The van der Waals surface area contributed by atoms with Gasteiger partial charge in [0.2, 0.25) is 0 Å². The summed E-state index contributed by atoms with van der Waals surface area (Å²) < 4.78 is 1.74. The molecule has 0 bridgehead atoms. The van der Waals surface area contributed by atoms with E-state index in [0.717, 1.165) is 14.9 Å². The number of nitro benzene ring substituents is 1. The molecular weight excluding hydrogens is 444 g/mol. The number of amides is 1. The molecule has 2 aromatic heterocycles. The SMILES string of the molecule is CN(C)CCN(C(=O)c1cc2cc([N+](=O)[O-])ccc2s1)c1nc2ccc(Cl)cc2s1. The number of thiophene rings is 1. The molecule has 7 nitrogen and oxygen atoms in total. The van der Waals surface area contributed by atoms with E-state index in [0.29, 0.717) is 33.5 Å². The van der Waals surface area contributed by atoms with E-state index in [4.69, 9.17) is 11.6 Å². The summed E-state index contributed by atoms with van der Waals surface area (Å²) in [6.07, 6.45) is 0. The summed E-state index contributed by atoms with van der Waals surface area (Å²) in [6.45, 7) is 1.13. The zero-order valence-electron chi connectivity index (χ0n) is 16.2. The Hall–Kier alpha value is -2.59. The molecule has 0 N–H and O–H groups in total. The highest BCUT2D eigenvalue weighted by Crippen LogP contribution is 2.34. The van der Waals surface area contributed by atoms with E-state index >= 15 is 0 Å². The van der Waals surface area contributed by atoms with Crippen LogP contribution in [0.2, 0.25) is 5.02 Å². The van der Waals surface area contributed by atoms with Gasteiger partial charge in [-0.15, -0.1) is 11.3 Å². The highest BCUT2D eigenvalue weighted by atomic mass is 35.5. The molecule has 1 amide bonds. The van der Waals surface area contributed by atoms with E-state index in [9.17, 15) is 14.9 Å². The van der Waals surface area contributed by atoms with Crippen molar-refractivity contribution in [1.82, 2.24) is 9.88 Å². The maximum Gasteiger partial charge on any atom is 0.270 e. The zero-order chi connectivity index (χ0) is 21.4. The van der Waals surface area contributed by atoms with E-state index in [1.807, 2.05) is 31.1 Å². The van der Waals surface area contributed by atoms with Gasteiger partial charge in [-0.05, 0) is 44.4 Å². The number of hydrogen-bond acceptors (Lipinski definition) is 7. The molecule has 0 saturated carbocycles. The van der Waals surface area contributed by atoms with Crippen LogP contribution >= 0.6 is 34.3 Å². The summed E-state index contributed by atoms with van der Waals surface area (Å²) >= 11 is 8.83. The van der Waals surface area contributed by atoms with Gasteiger partial charge in [-0.1, -0.05) is 22.9 Å². The van der Waals surface area contributed by atoms with E-state index in [1.165, 1.54) is 34.8 Å². The molecular formula is C20H17ClN4O3S2. The largest absolute Gasteiger partial charge is 0.308 e. The van der Waals surface area contributed by atoms with Crippen molar-refractivity contribution in [1.29, 1.82) is 0 Å². The summed E-state index contributed by atoms with van der Waals surface area (Å²) in [4.78, 5) is 32.8. The number of benzene rings is 2. The fourth-order valence-electron chi connectivity index (χ4n) is 2.97. The number of thiazole rings is 1. The van der Waals surface area contributed by atoms with Crippen LogP contribution in [-0.4, -0.2) is 47.9 Å². The smallest absolute Gasteiger partial charge is 0.270 e. The van der Waals surface area contributed by atoms with Crippen LogP contribution in [0.4, 0.5) is 10.8 Å². The van der Waals surface area contributed by atoms with Gasteiger partial charge in [-0.25, -0.2) is 4.98 Å². The number of likely N-dealkylation sites (N-methyl/N-ethyl adjacent to an activating group) is 1. The third kappa shape index (κ3) is 4.15. The topological polar surface area (TPSA) is 79.6 Å². The predicted molar refractivity (Wildman–Crippen MR) is 123 cm³/mol. The second-order valence-electron chi connectivity index (χ2n) is 6.96. The van der Waals surface area contributed by atoms with Crippen LogP contribution in [0.15, 0.2) is 42.5 Å². The van der Waals surface area contributed by atoms with Crippen LogP contribution in [0.1, 0.15) is 9.67 Å². The van der Waals surface area contributed by atoms with Gasteiger partial charge in [0.15, 0.2) is 5.13 Å². The summed E-state index contributed by atoms with van der Waals surface area (Å²) in [5, 5.41) is 13.0. The van der Waals surface area contributed by atoms with Crippen LogP contribution in [0.5, 0.6) is 0 Å². The van der Waals surface area contributed by atoms with Gasteiger partial charge in [0.25, 0.3) is 11.6 Å². The molecule has 0 aliphatic heterocycles. The first kappa shape index (κ1) is 20.7. The minimum atomic E-state index is -0.436. The predicted octanol–water partition coefficient (Wildman–Crippen LogP) is 5.28. The highest BCUT2D eigenvalue weighted by molar-refractivity contribution is 7.23. The van der Waals surface area contributed by atoms with Crippen molar-refractivity contribution in [2.75, 3.05) is 32.1 Å². The van der Waals surface area contributed by atoms with Crippen molar-refractivity contribution in [2.24, 2.45) is 0 Å². The van der Waals surface area contributed by atoms with Crippen LogP contribution < -0.4 is 4.90 Å². The number of nitro groups is 1. The van der Waals surface area contributed by atoms with Crippen molar-refractivity contribution in [3.05, 3.63) is 62.5 Å². The fourth-order valence-corrected chi connectivity index (χ4v) is 5.23. The van der Waals surface area contributed by atoms with Crippen molar-refractivity contribution < 1.29 is 9.72 Å². The number of fused-ring (bicyclic) bond motifs is 2. The molecule has 2 aromatic carbocycles. The van der Waals surface area contributed by atoms with Crippen molar-refractivity contribution in [3.63, 3.8) is 0 Å². The Balaban J connectivity index is 1.73. The average molecular weight is 461 g/mol. The lowest BCUT2D eigenvalue weighted by Crippen LogP contribution is -2.36. The number of anilines is 1. The first-order valence-corrected chi connectivity index (χ1v) is 11.0. The second kappa shape index (κ2) is 8.27. The number of halogens is 1. The zero-order valence-corrected chi connectivity index (χ0v) is 18.6. The molecule has 0 radical (unpaired) electrons. The van der Waals surface area contributed by atoms with Crippen LogP contribution in [0.25, 0.3) is 20.3 Å². The third-order valence-electron chi connectivity index (χ3n) is 4.51. The molecule has 4 aromatic rings. The molecule has 10 heteroatoms. The fraction of sp³-hybridized carbons (Fsp3) is 0.200. The molecule has 4 rings (SSSR count). The molecule has 0 fully saturated rings. The Bertz CT molecular complexity index is 1270. The van der Waals surface area contributed by atoms with Gasteiger partial charge < -0.3 is 4.90 Å². The standard InChI is InChI=1S/C20H17ClN4O3S2/c1-23(2)7-8-24(20-22-15-5-3-13(21)11-17(15)30-20)19(26)18-10-12-9-14(25(27)28)4-6-16(12)29-18/h3-6,9-11H,7-8H2,1-2H3. The van der Waals surface area contributed by atoms with E-state index < -0.39 is 4.92 Å². The van der Waals surface area contributed by atoms with E-state index in [-0.39, 0.29) is 11.6 Å². The van der Waals surface area contributed by atoms with Gasteiger partial charge in [0, 0.05) is 40.3 Å². The maximum atomic E-state index is 13.4. The van der Waals surface area contributed by atoms with E-state index in [2.05, 4.69) is 4.98 Å². The van der Waals surface area contributed by atoms with Gasteiger partial charge in [0.05, 0.1) is 20.0 Å². The Morgan fingerprint density at radius 2 is 1.90 bits per heavy atom. The lowest BCUT2D eigenvalue weighted by Gasteiger charge is -2.21. The first-order chi connectivity index (χ1) is 14.3. The number of rotatable bonds is 6. The maximum absolute atomic E-state index is 13.4. The van der Waals surface area contributed by atoms with Gasteiger partial charge in [-0.2, -0.15) is 0 Å². The number of nitrogens with zero attached hydrogens (tertiary/aromatic N) is 4. The number of hydrogen-bond donors (Lipinski definition) is 0. The van der Waals surface area contributed by atoms with Crippen LogP contribution in [0.3, 0.4) is 0 Å². The van der Waals surface area contributed by atoms with Crippen molar-refractivity contribution in [2.45, 2.75) is 0 Å². The highest BCUT2D eigenvalue weighted by Gasteiger charge is 2.23. The molecule has 0 saturated heterocycles. The molecule has 0 atom stereocenters. The summed E-state index contributed by atoms with van der Waals surface area (Å²) in [5.41, 5.74) is 0.792. The Labute approximate surface area is 185 Å². The summed E-state index contributed by atoms with van der Waals surface area (Å²) in [5.74, 6) is -0.175. The Kier molecular flexibility index (Phi) is 5.70. The van der Waals surface area contributed by atoms with Crippen molar-refractivity contribution in [3.8, 4) is 0 Å². The normalized spacial score (nSPS) is 11.5. The number of carbonyl (C=O) groups excluding carboxylic acids is 1. The molecule has 30 heavy (non-hydrogen) atoms. The third-order valence-corrected chi connectivity index (χ3v) is 6.89. The van der Waals surface area contributed by atoms with Gasteiger partial charge >= 0.3 is 0 Å². The minimum Gasteiger partial charge on any atom is -0.308 e. The molecule has 0 spiro atoms. The lowest BCUT2D eigenvalue weighted by molar-refractivity contribution is -0.384. The number of non-ortho nitro benzene ring substituents is 1. The molecule has 0 unspecified atom stereocenters. The van der Waals surface area contributed by atoms with Crippen LogP contribution in [-0.2, 0) is 0 Å². The Morgan fingerprint density at radius 3 is 2.63 bits per heavy atom. The number of aromatic nitrogens is 1. The Morgan fingerprint density at radius 1 is 1.10 bits per heavy atom. The first-order valence-electron chi connectivity index (χ1n) is 9.02. The lowest BCUT2D eigenvalue weighted by atomic mass is 10.2. The molecule has 0 aliphatic carbocycles. The van der Waals surface area contributed by atoms with Crippen LogP contribution in [0, 0.1) is 10.1 Å². The molecule has 154 valence electrons. The molecule has 0 aliphatic rings. The monoisotopic (exact) mass is 460 g/mol.